The average Bonchev–Trinajstić information content (AvgIpc) is 2.92. The van der Waals surface area contributed by atoms with E-state index in [0.29, 0.717) is 38.3 Å². The third-order valence-corrected chi connectivity index (χ3v) is 8.84. The van der Waals surface area contributed by atoms with E-state index in [-0.39, 0.29) is 37.7 Å². The molecule has 40 heavy (non-hydrogen) atoms. The predicted octanol–water partition coefficient (Wildman–Crippen LogP) is 5.89. The lowest BCUT2D eigenvalue weighted by molar-refractivity contribution is -0.141. The minimum Gasteiger partial charge on any atom is -0.357 e. The third-order valence-electron chi connectivity index (χ3n) is 6.51. The first-order valence-corrected chi connectivity index (χ1v) is 15.6. The molecule has 0 spiro atoms. The van der Waals surface area contributed by atoms with Crippen LogP contribution in [0.25, 0.3) is 0 Å². The van der Waals surface area contributed by atoms with Crippen molar-refractivity contribution in [2.45, 2.75) is 38.8 Å². The van der Waals surface area contributed by atoms with E-state index >= 15 is 0 Å². The maximum absolute atomic E-state index is 13.7. The zero-order valence-corrected chi connectivity index (χ0v) is 25.6. The topological polar surface area (TPSA) is 86.8 Å². The van der Waals surface area contributed by atoms with Gasteiger partial charge in [-0.15, -0.1) is 0 Å². The Bertz CT molecular complexity index is 1450. The molecule has 0 unspecified atom stereocenters. The summed E-state index contributed by atoms with van der Waals surface area (Å²) in [7, 11) is -2.12. The molecule has 0 aliphatic carbocycles. The highest BCUT2D eigenvalue weighted by molar-refractivity contribution is 7.92. The molecule has 0 saturated heterocycles. The number of nitrogens with zero attached hydrogens (tertiary/aromatic N) is 2. The highest BCUT2D eigenvalue weighted by Gasteiger charge is 2.30. The van der Waals surface area contributed by atoms with Crippen LogP contribution < -0.4 is 9.62 Å². The van der Waals surface area contributed by atoms with Gasteiger partial charge in [-0.1, -0.05) is 77.3 Å². The molecule has 11 heteroatoms. The first-order valence-electron chi connectivity index (χ1n) is 12.6. The van der Waals surface area contributed by atoms with Crippen LogP contribution in [0.2, 0.25) is 15.1 Å². The monoisotopic (exact) mass is 623 g/mol. The molecule has 1 N–H and O–H groups in total. The van der Waals surface area contributed by atoms with Gasteiger partial charge in [0.15, 0.2) is 0 Å². The second kappa shape index (κ2) is 14.2. The van der Waals surface area contributed by atoms with Gasteiger partial charge in [-0.2, -0.15) is 0 Å². The molecule has 1 atom stereocenters. The molecule has 0 radical (unpaired) electrons. The van der Waals surface area contributed by atoms with Crippen LogP contribution in [0.15, 0.2) is 66.7 Å². The van der Waals surface area contributed by atoms with Gasteiger partial charge in [-0.25, -0.2) is 8.42 Å². The van der Waals surface area contributed by atoms with Gasteiger partial charge in [0.1, 0.15) is 6.04 Å². The van der Waals surface area contributed by atoms with Crippen molar-refractivity contribution in [3.05, 3.63) is 98.5 Å². The number of halogens is 3. The zero-order valence-electron chi connectivity index (χ0n) is 22.5. The lowest BCUT2D eigenvalue weighted by Crippen LogP contribution is -2.49. The van der Waals surface area contributed by atoms with Crippen LogP contribution >= 0.6 is 34.8 Å². The average molecular weight is 625 g/mol. The molecule has 0 aromatic heterocycles. The largest absolute Gasteiger partial charge is 0.357 e. The van der Waals surface area contributed by atoms with Crippen molar-refractivity contribution in [3.8, 4) is 0 Å². The normalized spacial score (nSPS) is 12.1. The van der Waals surface area contributed by atoms with E-state index in [1.807, 2.05) is 30.3 Å². The SMILES string of the molecule is CNC(=O)[C@H](Cc1ccccc1)N(Cc1ccc(Cl)c(Cl)c1)C(=O)CCCN(c1cccc(Cl)c1C)S(C)(=O)=O. The molecule has 0 fully saturated rings. The smallest absolute Gasteiger partial charge is 0.242 e. The number of rotatable bonds is 12. The summed E-state index contributed by atoms with van der Waals surface area (Å²) in [6, 6.07) is 18.7. The quantitative estimate of drug-likeness (QED) is 0.272. The molecule has 0 heterocycles. The number of hydrogen-bond donors (Lipinski definition) is 1. The van der Waals surface area contributed by atoms with Crippen molar-refractivity contribution in [1.82, 2.24) is 10.2 Å². The predicted molar refractivity (Wildman–Crippen MR) is 163 cm³/mol. The zero-order chi connectivity index (χ0) is 29.4. The molecule has 0 aliphatic rings. The van der Waals surface area contributed by atoms with E-state index in [2.05, 4.69) is 5.32 Å². The van der Waals surface area contributed by atoms with Gasteiger partial charge in [-0.05, 0) is 54.3 Å². The number of anilines is 1. The summed E-state index contributed by atoms with van der Waals surface area (Å²) in [5, 5.41) is 3.84. The lowest BCUT2D eigenvalue weighted by Gasteiger charge is -2.32. The van der Waals surface area contributed by atoms with E-state index in [0.717, 1.165) is 11.8 Å². The van der Waals surface area contributed by atoms with Gasteiger partial charge < -0.3 is 10.2 Å². The highest BCUT2D eigenvalue weighted by Crippen LogP contribution is 2.29. The Morgan fingerprint density at radius 1 is 0.900 bits per heavy atom. The second-order valence-electron chi connectivity index (χ2n) is 9.41. The summed E-state index contributed by atoms with van der Waals surface area (Å²) in [4.78, 5) is 28.3. The Kier molecular flexibility index (Phi) is 11.3. The fourth-order valence-corrected chi connectivity index (χ4v) is 5.91. The van der Waals surface area contributed by atoms with Crippen molar-refractivity contribution in [3.63, 3.8) is 0 Å². The van der Waals surface area contributed by atoms with Crippen molar-refractivity contribution in [2.75, 3.05) is 24.2 Å². The summed E-state index contributed by atoms with van der Waals surface area (Å²) < 4.78 is 26.6. The molecule has 3 aromatic rings. The van der Waals surface area contributed by atoms with E-state index in [4.69, 9.17) is 34.8 Å². The number of amides is 2. The van der Waals surface area contributed by atoms with Crippen molar-refractivity contribution in [2.24, 2.45) is 0 Å². The molecule has 3 rings (SSSR count). The van der Waals surface area contributed by atoms with Crippen LogP contribution in [0.1, 0.15) is 29.5 Å². The van der Waals surface area contributed by atoms with Crippen LogP contribution in [-0.4, -0.2) is 51.0 Å². The molecule has 2 amide bonds. The third kappa shape index (κ3) is 8.36. The summed E-state index contributed by atoms with van der Waals surface area (Å²) in [6.45, 7) is 1.93. The minimum atomic E-state index is -3.65. The number of carbonyl (C=O) groups is 2. The van der Waals surface area contributed by atoms with E-state index < -0.39 is 16.1 Å². The van der Waals surface area contributed by atoms with Gasteiger partial charge in [0.05, 0.1) is 22.0 Å². The Hall–Kier alpha value is -2.78. The minimum absolute atomic E-state index is 0.00917. The standard InChI is InChI=1S/C29H32Cl3N3O4S/c1-20-23(30)11-7-12-26(20)35(40(3,38)39)16-8-13-28(36)34(19-22-14-15-24(31)25(32)17-22)27(29(37)33-2)18-21-9-5-4-6-10-21/h4-7,9-12,14-15,17,27H,8,13,16,18-19H2,1-3H3,(H,33,37)/t27-/m0/s1. The van der Waals surface area contributed by atoms with Gasteiger partial charge in [0.25, 0.3) is 0 Å². The number of likely N-dealkylation sites (N-methyl/N-ethyl adjacent to an activating group) is 1. The van der Waals surface area contributed by atoms with Gasteiger partial charge in [0, 0.05) is 38.0 Å². The van der Waals surface area contributed by atoms with Gasteiger partial charge in [-0.3, -0.25) is 13.9 Å². The molecule has 214 valence electrons. The first-order chi connectivity index (χ1) is 18.9. The van der Waals surface area contributed by atoms with Crippen LogP contribution in [0.4, 0.5) is 5.69 Å². The number of hydrogen-bond acceptors (Lipinski definition) is 4. The molecular formula is C29H32Cl3N3O4S. The molecule has 3 aromatic carbocycles. The Morgan fingerprint density at radius 3 is 2.23 bits per heavy atom. The molecular weight excluding hydrogens is 593 g/mol. The lowest BCUT2D eigenvalue weighted by atomic mass is 10.0. The second-order valence-corrected chi connectivity index (χ2v) is 12.5. The van der Waals surface area contributed by atoms with E-state index in [1.54, 1.807) is 43.3 Å². The summed E-state index contributed by atoms with van der Waals surface area (Å²) in [5.41, 5.74) is 2.69. The van der Waals surface area contributed by atoms with Crippen molar-refractivity contribution in [1.29, 1.82) is 0 Å². The summed E-state index contributed by atoms with van der Waals surface area (Å²) >= 11 is 18.6. The van der Waals surface area contributed by atoms with Crippen LogP contribution in [0, 0.1) is 6.92 Å². The highest BCUT2D eigenvalue weighted by atomic mass is 35.5. The Balaban J connectivity index is 1.88. The number of sulfonamides is 1. The van der Waals surface area contributed by atoms with Gasteiger partial charge >= 0.3 is 0 Å². The maximum atomic E-state index is 13.7. The van der Waals surface area contributed by atoms with Gasteiger partial charge in [0.2, 0.25) is 21.8 Å². The Morgan fingerprint density at radius 2 is 1.60 bits per heavy atom. The molecule has 0 saturated carbocycles. The van der Waals surface area contributed by atoms with Crippen LogP contribution in [-0.2, 0) is 32.6 Å². The van der Waals surface area contributed by atoms with Crippen LogP contribution in [0.5, 0.6) is 0 Å². The fourth-order valence-electron chi connectivity index (χ4n) is 4.40. The fraction of sp³-hybridized carbons (Fsp3) is 0.310. The molecule has 0 bridgehead atoms. The summed E-state index contributed by atoms with van der Waals surface area (Å²) in [6.07, 6.45) is 1.65. The maximum Gasteiger partial charge on any atom is 0.242 e. The van der Waals surface area contributed by atoms with Crippen molar-refractivity contribution >= 4 is 62.3 Å². The first kappa shape index (κ1) is 31.7. The van der Waals surface area contributed by atoms with Crippen molar-refractivity contribution < 1.29 is 18.0 Å². The molecule has 7 nitrogen and oxygen atoms in total. The number of carbonyl (C=O) groups excluding carboxylic acids is 2. The van der Waals surface area contributed by atoms with E-state index in [9.17, 15) is 18.0 Å². The number of nitrogens with one attached hydrogen (secondary N) is 1. The number of benzene rings is 3. The summed E-state index contributed by atoms with van der Waals surface area (Å²) in [5.74, 6) is -0.614. The van der Waals surface area contributed by atoms with Crippen LogP contribution in [0.3, 0.4) is 0 Å². The Labute approximate surface area is 251 Å². The van der Waals surface area contributed by atoms with E-state index in [1.165, 1.54) is 16.3 Å². The molecule has 0 aliphatic heterocycles.